The molecule has 1 aliphatic rings. The van der Waals surface area contributed by atoms with Gasteiger partial charge in [-0.25, -0.2) is 8.42 Å². The van der Waals surface area contributed by atoms with Crippen LogP contribution in [0.4, 0.5) is 18.9 Å². The molecule has 0 aliphatic heterocycles. The highest BCUT2D eigenvalue weighted by Gasteiger charge is 2.31. The van der Waals surface area contributed by atoms with Crippen molar-refractivity contribution in [2.75, 3.05) is 4.72 Å². The zero-order valence-corrected chi connectivity index (χ0v) is 15.1. The van der Waals surface area contributed by atoms with Gasteiger partial charge in [-0.3, -0.25) is 4.72 Å². The minimum Gasteiger partial charge on any atom is -0.406 e. The molecule has 1 N–H and O–H groups in total. The number of sulfonamides is 1. The van der Waals surface area contributed by atoms with Crippen molar-refractivity contribution >= 4 is 15.7 Å². The van der Waals surface area contributed by atoms with E-state index in [1.807, 2.05) is 30.3 Å². The summed E-state index contributed by atoms with van der Waals surface area (Å²) in [5.74, 6) is -0.484. The standard InChI is InChI=1S/C20H14F3NO3S/c21-20(22,23)27-16-6-8-17(9-7-16)28(25,26)24-15-5-10-19-14(12-15)11-13-3-1-2-4-18(13)19/h1-10,12,24H,11H2. The maximum atomic E-state index is 12.5. The molecule has 3 aromatic carbocycles. The van der Waals surface area contributed by atoms with Crippen molar-refractivity contribution in [1.82, 2.24) is 0 Å². The molecule has 1 aliphatic carbocycles. The third kappa shape index (κ3) is 3.68. The van der Waals surface area contributed by atoms with Gasteiger partial charge in [-0.05, 0) is 65.1 Å². The maximum Gasteiger partial charge on any atom is 0.573 e. The van der Waals surface area contributed by atoms with Crippen LogP contribution in [0.2, 0.25) is 0 Å². The van der Waals surface area contributed by atoms with Crippen molar-refractivity contribution in [3.8, 4) is 16.9 Å². The smallest absolute Gasteiger partial charge is 0.406 e. The Hall–Kier alpha value is -3.00. The average Bonchev–Trinajstić information content (AvgIpc) is 2.98. The molecule has 0 unspecified atom stereocenters. The largest absolute Gasteiger partial charge is 0.573 e. The van der Waals surface area contributed by atoms with E-state index in [1.165, 1.54) is 5.56 Å². The minimum atomic E-state index is -4.83. The lowest BCUT2D eigenvalue weighted by molar-refractivity contribution is -0.274. The van der Waals surface area contributed by atoms with Crippen LogP contribution in [-0.2, 0) is 16.4 Å². The van der Waals surface area contributed by atoms with Gasteiger partial charge in [0.2, 0.25) is 0 Å². The summed E-state index contributed by atoms with van der Waals surface area (Å²) in [6, 6.07) is 17.3. The Morgan fingerprint density at radius 3 is 2.25 bits per heavy atom. The number of hydrogen-bond donors (Lipinski definition) is 1. The number of benzene rings is 3. The Morgan fingerprint density at radius 2 is 1.54 bits per heavy atom. The van der Waals surface area contributed by atoms with Gasteiger partial charge in [-0.15, -0.1) is 13.2 Å². The SMILES string of the molecule is O=S(=O)(Nc1ccc2c(c1)Cc1ccccc1-2)c1ccc(OC(F)(F)F)cc1. The first-order chi connectivity index (χ1) is 13.2. The molecule has 4 rings (SSSR count). The topological polar surface area (TPSA) is 55.4 Å². The number of anilines is 1. The van der Waals surface area contributed by atoms with Crippen molar-refractivity contribution in [2.24, 2.45) is 0 Å². The molecule has 0 amide bonds. The van der Waals surface area contributed by atoms with E-state index >= 15 is 0 Å². The summed E-state index contributed by atoms with van der Waals surface area (Å²) in [6.45, 7) is 0. The Kier molecular flexibility index (Phi) is 4.30. The van der Waals surface area contributed by atoms with Crippen molar-refractivity contribution in [2.45, 2.75) is 17.7 Å². The molecule has 0 heterocycles. The van der Waals surface area contributed by atoms with E-state index in [1.54, 1.807) is 12.1 Å². The third-order valence-corrected chi connectivity index (χ3v) is 5.81. The molecule has 4 nitrogen and oxygen atoms in total. The monoisotopic (exact) mass is 405 g/mol. The molecule has 0 saturated heterocycles. The van der Waals surface area contributed by atoms with Gasteiger partial charge in [-0.2, -0.15) is 0 Å². The van der Waals surface area contributed by atoms with Gasteiger partial charge >= 0.3 is 6.36 Å². The molecular weight excluding hydrogens is 391 g/mol. The Balaban J connectivity index is 1.55. The van der Waals surface area contributed by atoms with Crippen LogP contribution in [0.5, 0.6) is 5.75 Å². The fourth-order valence-electron chi connectivity index (χ4n) is 3.24. The zero-order chi connectivity index (χ0) is 19.9. The summed E-state index contributed by atoms with van der Waals surface area (Å²) in [5.41, 5.74) is 4.77. The molecule has 0 aromatic heterocycles. The molecule has 0 fully saturated rings. The highest BCUT2D eigenvalue weighted by Crippen LogP contribution is 2.38. The average molecular weight is 405 g/mol. The maximum absolute atomic E-state index is 12.5. The highest BCUT2D eigenvalue weighted by atomic mass is 32.2. The first-order valence-corrected chi connectivity index (χ1v) is 9.79. The molecule has 0 saturated carbocycles. The number of halogens is 3. The van der Waals surface area contributed by atoms with Gasteiger partial charge in [0.25, 0.3) is 10.0 Å². The van der Waals surface area contributed by atoms with E-state index < -0.39 is 22.1 Å². The molecule has 0 radical (unpaired) electrons. The lowest BCUT2D eigenvalue weighted by Gasteiger charge is -2.11. The minimum absolute atomic E-state index is 0.161. The van der Waals surface area contributed by atoms with Crippen molar-refractivity contribution in [3.05, 3.63) is 77.9 Å². The van der Waals surface area contributed by atoms with Crippen LogP contribution in [0.25, 0.3) is 11.1 Å². The third-order valence-electron chi connectivity index (χ3n) is 4.41. The second kappa shape index (κ2) is 6.56. The Labute approximate surface area is 159 Å². The van der Waals surface area contributed by atoms with E-state index in [0.29, 0.717) is 12.1 Å². The van der Waals surface area contributed by atoms with Crippen molar-refractivity contribution in [1.29, 1.82) is 0 Å². The van der Waals surface area contributed by atoms with E-state index in [9.17, 15) is 21.6 Å². The molecule has 0 atom stereocenters. The highest BCUT2D eigenvalue weighted by molar-refractivity contribution is 7.92. The van der Waals surface area contributed by atoms with Crippen LogP contribution >= 0.6 is 0 Å². The van der Waals surface area contributed by atoms with Crippen LogP contribution in [-0.4, -0.2) is 14.8 Å². The summed E-state index contributed by atoms with van der Waals surface area (Å²) in [7, 11) is -3.95. The fourth-order valence-corrected chi connectivity index (χ4v) is 4.29. The molecule has 28 heavy (non-hydrogen) atoms. The second-order valence-electron chi connectivity index (χ2n) is 6.33. The van der Waals surface area contributed by atoms with E-state index in [4.69, 9.17) is 0 Å². The Bertz CT molecular complexity index is 1140. The van der Waals surface area contributed by atoms with Gasteiger partial charge in [0.1, 0.15) is 5.75 Å². The van der Waals surface area contributed by atoms with Gasteiger partial charge in [0.05, 0.1) is 4.90 Å². The van der Waals surface area contributed by atoms with Crippen LogP contribution < -0.4 is 9.46 Å². The molecular formula is C20H14F3NO3S. The summed E-state index contributed by atoms with van der Waals surface area (Å²) in [6.07, 6.45) is -4.12. The molecule has 0 spiro atoms. The number of alkyl halides is 3. The van der Waals surface area contributed by atoms with Gasteiger partial charge in [0.15, 0.2) is 0 Å². The molecule has 8 heteroatoms. The van der Waals surface area contributed by atoms with Gasteiger partial charge < -0.3 is 4.74 Å². The first kappa shape index (κ1) is 18.4. The van der Waals surface area contributed by atoms with Crippen LogP contribution in [0.1, 0.15) is 11.1 Å². The first-order valence-electron chi connectivity index (χ1n) is 8.31. The molecule has 144 valence electrons. The van der Waals surface area contributed by atoms with Crippen LogP contribution in [0.3, 0.4) is 0 Å². The normalized spacial score (nSPS) is 13.0. The van der Waals surface area contributed by atoms with E-state index in [2.05, 4.69) is 9.46 Å². The lowest BCUT2D eigenvalue weighted by atomic mass is 10.1. The Morgan fingerprint density at radius 1 is 0.857 bits per heavy atom. The number of fused-ring (bicyclic) bond motifs is 3. The van der Waals surface area contributed by atoms with Crippen molar-refractivity contribution < 1.29 is 26.3 Å². The number of hydrogen-bond acceptors (Lipinski definition) is 3. The zero-order valence-electron chi connectivity index (χ0n) is 14.3. The summed E-state index contributed by atoms with van der Waals surface area (Å²) < 4.78 is 68.0. The van der Waals surface area contributed by atoms with Crippen molar-refractivity contribution in [3.63, 3.8) is 0 Å². The van der Waals surface area contributed by atoms with Crippen LogP contribution in [0, 0.1) is 0 Å². The number of ether oxygens (including phenoxy) is 1. The van der Waals surface area contributed by atoms with Gasteiger partial charge in [-0.1, -0.05) is 30.3 Å². The number of rotatable bonds is 4. The predicted octanol–water partition coefficient (Wildman–Crippen LogP) is 4.96. The summed E-state index contributed by atoms with van der Waals surface area (Å²) in [4.78, 5) is -0.161. The summed E-state index contributed by atoms with van der Waals surface area (Å²) in [5, 5.41) is 0. The fraction of sp³-hybridized carbons (Fsp3) is 0.100. The second-order valence-corrected chi connectivity index (χ2v) is 8.01. The number of nitrogens with one attached hydrogen (secondary N) is 1. The van der Waals surface area contributed by atoms with Gasteiger partial charge in [0, 0.05) is 5.69 Å². The van der Waals surface area contributed by atoms with Crippen LogP contribution in [0.15, 0.2) is 71.6 Å². The van der Waals surface area contributed by atoms with E-state index in [-0.39, 0.29) is 4.90 Å². The lowest BCUT2D eigenvalue weighted by Crippen LogP contribution is -2.17. The predicted molar refractivity (Wildman–Crippen MR) is 98.6 cm³/mol. The quantitative estimate of drug-likeness (QED) is 0.522. The summed E-state index contributed by atoms with van der Waals surface area (Å²) >= 11 is 0. The van der Waals surface area contributed by atoms with E-state index in [0.717, 1.165) is 41.0 Å². The molecule has 3 aromatic rings. The molecule has 0 bridgehead atoms.